The van der Waals surface area contributed by atoms with Crippen molar-refractivity contribution < 1.29 is 14.3 Å². The fraction of sp³-hybridized carbons (Fsp3) is 0.467. The largest absolute Gasteiger partial charge is 0.469 e. The number of Topliss-reactive ketones (excluding diaryl/α,β-unsaturated/α-hetero) is 1. The molecule has 0 unspecified atom stereocenters. The summed E-state index contributed by atoms with van der Waals surface area (Å²) in [5.41, 5.74) is 4.17. The SMILES string of the molecule is COC(=O)[C@H]1CCc2cc(C)c(C(C)=O)cc2C1. The van der Waals surface area contributed by atoms with Crippen molar-refractivity contribution in [3.63, 3.8) is 0 Å². The highest BCUT2D eigenvalue weighted by atomic mass is 16.5. The van der Waals surface area contributed by atoms with E-state index < -0.39 is 0 Å². The first-order chi connectivity index (χ1) is 8.52. The second-order valence-corrected chi connectivity index (χ2v) is 4.95. The van der Waals surface area contributed by atoms with Crippen molar-refractivity contribution in [1.82, 2.24) is 0 Å². The monoisotopic (exact) mass is 246 g/mol. The standard InChI is InChI=1S/C15H18O3/c1-9-6-11-4-5-12(15(17)18-3)7-13(11)8-14(9)10(2)16/h6,8,12H,4-5,7H2,1-3H3/t12-/m0/s1. The van der Waals surface area contributed by atoms with Crippen LogP contribution in [0.4, 0.5) is 0 Å². The zero-order valence-corrected chi connectivity index (χ0v) is 11.1. The number of benzene rings is 1. The number of rotatable bonds is 2. The van der Waals surface area contributed by atoms with Crippen LogP contribution in [0.2, 0.25) is 0 Å². The minimum Gasteiger partial charge on any atom is -0.469 e. The van der Waals surface area contributed by atoms with Gasteiger partial charge in [-0.25, -0.2) is 0 Å². The van der Waals surface area contributed by atoms with Crippen LogP contribution >= 0.6 is 0 Å². The lowest BCUT2D eigenvalue weighted by Crippen LogP contribution is -2.24. The first kappa shape index (κ1) is 12.8. The number of carbonyl (C=O) groups is 2. The molecule has 1 aliphatic carbocycles. The fourth-order valence-electron chi connectivity index (χ4n) is 2.68. The lowest BCUT2D eigenvalue weighted by molar-refractivity contribution is -0.145. The highest BCUT2D eigenvalue weighted by Gasteiger charge is 2.26. The van der Waals surface area contributed by atoms with Crippen molar-refractivity contribution in [2.75, 3.05) is 7.11 Å². The lowest BCUT2D eigenvalue weighted by atomic mass is 9.82. The summed E-state index contributed by atoms with van der Waals surface area (Å²) in [5, 5.41) is 0. The van der Waals surface area contributed by atoms with Crippen LogP contribution in [0, 0.1) is 12.8 Å². The third-order valence-corrected chi connectivity index (χ3v) is 3.69. The first-order valence-corrected chi connectivity index (χ1v) is 6.24. The maximum absolute atomic E-state index is 11.6. The van der Waals surface area contributed by atoms with E-state index in [1.54, 1.807) is 6.92 Å². The Morgan fingerprint density at radius 1 is 1.28 bits per heavy atom. The molecule has 0 aliphatic heterocycles. The molecule has 3 nitrogen and oxygen atoms in total. The maximum Gasteiger partial charge on any atom is 0.309 e. The molecule has 1 aliphatic rings. The van der Waals surface area contributed by atoms with Crippen LogP contribution in [0.3, 0.4) is 0 Å². The van der Waals surface area contributed by atoms with Crippen LogP contribution in [-0.2, 0) is 22.4 Å². The minimum absolute atomic E-state index is 0.0648. The number of aryl methyl sites for hydroxylation is 2. The summed E-state index contributed by atoms with van der Waals surface area (Å²) in [6.07, 6.45) is 2.40. The topological polar surface area (TPSA) is 43.4 Å². The molecule has 0 bridgehead atoms. The van der Waals surface area contributed by atoms with E-state index in [0.717, 1.165) is 29.5 Å². The molecule has 0 saturated heterocycles. The molecular weight excluding hydrogens is 228 g/mol. The van der Waals surface area contributed by atoms with E-state index in [9.17, 15) is 9.59 Å². The Bertz CT molecular complexity index is 503. The molecule has 96 valence electrons. The number of hydrogen-bond donors (Lipinski definition) is 0. The Balaban J connectivity index is 2.34. The number of carbonyl (C=O) groups excluding carboxylic acids is 2. The molecule has 0 amide bonds. The van der Waals surface area contributed by atoms with E-state index in [4.69, 9.17) is 4.74 Å². The Labute approximate surface area is 107 Å². The fourth-order valence-corrected chi connectivity index (χ4v) is 2.68. The summed E-state index contributed by atoms with van der Waals surface area (Å²) in [5.74, 6) is -0.133. The zero-order chi connectivity index (χ0) is 13.3. The molecule has 18 heavy (non-hydrogen) atoms. The highest BCUT2D eigenvalue weighted by molar-refractivity contribution is 5.95. The van der Waals surface area contributed by atoms with Gasteiger partial charge in [0, 0.05) is 5.56 Å². The molecule has 1 aromatic rings. The second-order valence-electron chi connectivity index (χ2n) is 4.95. The first-order valence-electron chi connectivity index (χ1n) is 6.24. The minimum atomic E-state index is -0.148. The number of ether oxygens (including phenoxy) is 1. The summed E-state index contributed by atoms with van der Waals surface area (Å²) in [7, 11) is 1.42. The summed E-state index contributed by atoms with van der Waals surface area (Å²) >= 11 is 0. The normalized spacial score (nSPS) is 18.1. The van der Waals surface area contributed by atoms with E-state index in [1.165, 1.54) is 12.7 Å². The van der Waals surface area contributed by atoms with Gasteiger partial charge in [0.25, 0.3) is 0 Å². The third kappa shape index (κ3) is 2.30. The molecule has 0 heterocycles. The van der Waals surface area contributed by atoms with Gasteiger partial charge in [-0.2, -0.15) is 0 Å². The van der Waals surface area contributed by atoms with Crippen LogP contribution in [0.25, 0.3) is 0 Å². The third-order valence-electron chi connectivity index (χ3n) is 3.69. The summed E-state index contributed by atoms with van der Waals surface area (Å²) in [4.78, 5) is 23.1. The molecule has 3 heteroatoms. The van der Waals surface area contributed by atoms with E-state index in [-0.39, 0.29) is 17.7 Å². The molecular formula is C15H18O3. The lowest BCUT2D eigenvalue weighted by Gasteiger charge is -2.24. The van der Waals surface area contributed by atoms with Crippen molar-refractivity contribution in [1.29, 1.82) is 0 Å². The number of fused-ring (bicyclic) bond motifs is 1. The van der Waals surface area contributed by atoms with Gasteiger partial charge in [-0.15, -0.1) is 0 Å². The molecule has 0 spiro atoms. The summed E-state index contributed by atoms with van der Waals surface area (Å²) < 4.78 is 4.80. The molecule has 1 aromatic carbocycles. The van der Waals surface area contributed by atoms with E-state index in [0.29, 0.717) is 6.42 Å². The Kier molecular flexibility index (Phi) is 3.50. The molecule has 1 atom stereocenters. The van der Waals surface area contributed by atoms with Crippen molar-refractivity contribution in [3.8, 4) is 0 Å². The van der Waals surface area contributed by atoms with Crippen LogP contribution in [0.1, 0.15) is 40.4 Å². The molecule has 0 radical (unpaired) electrons. The number of methoxy groups -OCH3 is 1. The van der Waals surface area contributed by atoms with Gasteiger partial charge >= 0.3 is 5.97 Å². The van der Waals surface area contributed by atoms with Crippen LogP contribution < -0.4 is 0 Å². The predicted molar refractivity (Wildman–Crippen MR) is 68.7 cm³/mol. The molecule has 0 fully saturated rings. The van der Waals surface area contributed by atoms with E-state index >= 15 is 0 Å². The maximum atomic E-state index is 11.6. The second kappa shape index (κ2) is 4.92. The van der Waals surface area contributed by atoms with Crippen molar-refractivity contribution in [3.05, 3.63) is 34.4 Å². The van der Waals surface area contributed by atoms with Gasteiger partial charge in [-0.05, 0) is 55.9 Å². The van der Waals surface area contributed by atoms with Crippen molar-refractivity contribution in [2.24, 2.45) is 5.92 Å². The molecule has 0 saturated carbocycles. The smallest absolute Gasteiger partial charge is 0.309 e. The van der Waals surface area contributed by atoms with Gasteiger partial charge in [-0.1, -0.05) is 6.07 Å². The van der Waals surface area contributed by atoms with Gasteiger partial charge in [-0.3, -0.25) is 9.59 Å². The average molecular weight is 246 g/mol. The zero-order valence-electron chi connectivity index (χ0n) is 11.1. The van der Waals surface area contributed by atoms with Crippen molar-refractivity contribution >= 4 is 11.8 Å². The number of esters is 1. The van der Waals surface area contributed by atoms with Gasteiger partial charge in [0.15, 0.2) is 5.78 Å². The van der Waals surface area contributed by atoms with E-state index in [1.807, 2.05) is 13.0 Å². The Hall–Kier alpha value is -1.64. The molecule has 0 aromatic heterocycles. The Morgan fingerprint density at radius 3 is 2.61 bits per heavy atom. The van der Waals surface area contributed by atoms with Gasteiger partial charge in [0.2, 0.25) is 0 Å². The number of ketones is 1. The van der Waals surface area contributed by atoms with E-state index in [2.05, 4.69) is 6.07 Å². The van der Waals surface area contributed by atoms with Crippen LogP contribution in [0.15, 0.2) is 12.1 Å². The Morgan fingerprint density at radius 2 is 2.00 bits per heavy atom. The molecule has 2 rings (SSSR count). The van der Waals surface area contributed by atoms with Crippen LogP contribution in [0.5, 0.6) is 0 Å². The van der Waals surface area contributed by atoms with Gasteiger partial charge in [0.1, 0.15) is 0 Å². The summed E-state index contributed by atoms with van der Waals surface area (Å²) in [6, 6.07) is 4.03. The molecule has 0 N–H and O–H groups in total. The van der Waals surface area contributed by atoms with Gasteiger partial charge < -0.3 is 4.74 Å². The predicted octanol–water partition coefficient (Wildman–Crippen LogP) is 2.48. The van der Waals surface area contributed by atoms with Crippen LogP contribution in [-0.4, -0.2) is 18.9 Å². The summed E-state index contributed by atoms with van der Waals surface area (Å²) in [6.45, 7) is 3.54. The van der Waals surface area contributed by atoms with Gasteiger partial charge in [0.05, 0.1) is 13.0 Å². The quantitative estimate of drug-likeness (QED) is 0.594. The highest BCUT2D eigenvalue weighted by Crippen LogP contribution is 2.29. The average Bonchev–Trinajstić information content (AvgIpc) is 2.36. The van der Waals surface area contributed by atoms with Crippen molar-refractivity contribution in [2.45, 2.75) is 33.1 Å². The number of hydrogen-bond acceptors (Lipinski definition) is 3.